The van der Waals surface area contributed by atoms with Gasteiger partial charge in [-0.3, -0.25) is 47.5 Å². The Hall–Kier alpha value is -12.2. The second kappa shape index (κ2) is 12.6. The van der Waals surface area contributed by atoms with Gasteiger partial charge in [0.05, 0.1) is 85.1 Å². The quantitative estimate of drug-likeness (QED) is 0.0258. The number of ether oxygens (including phenoxy) is 6. The third-order valence-electron chi connectivity index (χ3n) is 30.8. The highest BCUT2D eigenvalue weighted by Gasteiger charge is 3.01. The van der Waals surface area contributed by atoms with Crippen LogP contribution in [0.25, 0.3) is 312 Å². The van der Waals surface area contributed by atoms with Crippen LogP contribution in [0.2, 0.25) is 0 Å². The first-order chi connectivity index (χ1) is 51.1. The largest absolute Gasteiger partial charge is 0.466 e. The Morgan fingerprint density at radius 1 is 0.269 bits per heavy atom. The predicted molar refractivity (Wildman–Crippen MR) is 403 cm³/mol. The Bertz CT molecular complexity index is 8890. The van der Waals surface area contributed by atoms with Crippen molar-refractivity contribution in [2.75, 3.05) is 52.9 Å². The van der Waals surface area contributed by atoms with E-state index < -0.39 is 68.8 Å². The summed E-state index contributed by atoms with van der Waals surface area (Å²) in [5.41, 5.74) is -2.54. The average molecular weight is 1340 g/mol. The standard InChI is InChI=1S/C88H30N2O14/c1-3-101-20(91)15-21(92)103-11-9-99-7-5-89-80(93)16-13-18-19(14-17(16)81(89)94)83(96)90(82(18)95)6-8-100-10-12-104-85(98)88(84(97)102-4-2)86-76-68-60-50-40-32-24-22-23-26-30-28(24)36-44-38(30)48-42-34(26)35-27(23)31-29-25(22)33(32)41-47-37(29)45-39(31)49-43(35)53-52(42)62-56(48)66-58(44)64(54(60)46(36)40)72(76)74(66)78-70(62)71-63(53)57(49)67-59(45)65-55(47)61(51(41)50)69(68)77(86)73(65)75(67)79(71)87(78,86)88/h13-14H,3-12,15H2,1-2H3. The SMILES string of the molecule is CCOC(=O)CC(=O)OCCOCCn1c(=O)c2cc3c(=O)n(CCOCCOC(=O)C4(C(=O)OCC)C56c7c8c9c%10c%11c%12c(c%13c%14c5c5c7c7c%15c8c8c9c9c%11c%11c%16c%12c%12c%13c%13c%14c%14c5c5c7c7c%15c%15c8c8c9c%11c9c%11c%16c%12c%12c%13c%13c%14c5c5c7c7c%15c8c9c8c%11c%12c%13c5c78)C%1046)c(=O)c3cc2c1=O. The Kier molecular flexibility index (Phi) is 5.80. The van der Waals surface area contributed by atoms with E-state index in [4.69, 9.17) is 28.4 Å². The van der Waals surface area contributed by atoms with E-state index in [1.54, 1.807) is 6.92 Å². The molecule has 31 aromatic rings. The summed E-state index contributed by atoms with van der Waals surface area (Å²) in [5, 5.41) is 75.1. The van der Waals surface area contributed by atoms with Crippen LogP contribution in [0.5, 0.6) is 0 Å². The number of fused-ring (bicyclic) bond motifs is 2. The van der Waals surface area contributed by atoms with Crippen LogP contribution >= 0.6 is 0 Å². The van der Waals surface area contributed by atoms with Crippen molar-refractivity contribution >= 4 is 336 Å². The van der Waals surface area contributed by atoms with Gasteiger partial charge >= 0.3 is 23.9 Å². The second-order valence-corrected chi connectivity index (χ2v) is 32.8. The van der Waals surface area contributed by atoms with E-state index in [-0.39, 0.29) is 87.5 Å². The molecule has 16 nitrogen and oxygen atoms in total. The smallest absolute Gasteiger partial charge is 0.326 e. The molecule has 2 heterocycles. The molecular formula is C88H30N2O14. The van der Waals surface area contributed by atoms with Gasteiger partial charge in [-0.1, -0.05) is 0 Å². The van der Waals surface area contributed by atoms with Gasteiger partial charge in [0, 0.05) is 0 Å². The lowest BCUT2D eigenvalue weighted by atomic mass is 9.68. The summed E-state index contributed by atoms with van der Waals surface area (Å²) in [5.74, 6) is -2.65. The highest BCUT2D eigenvalue weighted by atomic mass is 16.6. The fourth-order valence-corrected chi connectivity index (χ4v) is 29.4. The van der Waals surface area contributed by atoms with E-state index in [0.717, 1.165) is 31.4 Å². The summed E-state index contributed by atoms with van der Waals surface area (Å²) < 4.78 is 37.3. The number of aromatic nitrogens is 2. The molecule has 16 heteroatoms. The van der Waals surface area contributed by atoms with Crippen LogP contribution in [0.3, 0.4) is 0 Å². The lowest BCUT2D eigenvalue weighted by Crippen LogP contribution is -2.39. The van der Waals surface area contributed by atoms with Crippen molar-refractivity contribution in [3.63, 3.8) is 0 Å². The molecule has 0 unspecified atom stereocenters. The Morgan fingerprint density at radius 3 is 0.721 bits per heavy atom. The first-order valence-electron chi connectivity index (χ1n) is 36.6. The summed E-state index contributed by atoms with van der Waals surface area (Å²) in [7, 11) is 0. The van der Waals surface area contributed by atoms with E-state index in [2.05, 4.69) is 0 Å². The minimum atomic E-state index is -1.94. The zero-order valence-electron chi connectivity index (χ0n) is 54.0. The molecule has 0 aliphatic heterocycles. The van der Waals surface area contributed by atoms with Crippen LogP contribution in [-0.4, -0.2) is 85.9 Å². The molecule has 36 rings (SSSR count). The number of rotatable bonds is 18. The third kappa shape index (κ3) is 3.27. The third-order valence-corrected chi connectivity index (χ3v) is 30.8. The van der Waals surface area contributed by atoms with Crippen molar-refractivity contribution in [2.45, 2.75) is 44.2 Å². The highest BCUT2D eigenvalue weighted by molar-refractivity contribution is 6.82. The Labute approximate surface area is 568 Å². The van der Waals surface area contributed by atoms with E-state index in [1.165, 1.54) is 303 Å². The van der Waals surface area contributed by atoms with Gasteiger partial charge in [0.15, 0.2) is 5.41 Å². The van der Waals surface area contributed by atoms with Crippen LogP contribution in [0.4, 0.5) is 0 Å². The molecule has 0 N–H and O–H groups in total. The molecule has 2 aromatic heterocycles. The van der Waals surface area contributed by atoms with Crippen molar-refractivity contribution in [1.82, 2.24) is 9.13 Å². The van der Waals surface area contributed by atoms with Crippen molar-refractivity contribution < 1.29 is 47.6 Å². The molecule has 1 fully saturated rings. The van der Waals surface area contributed by atoms with Crippen molar-refractivity contribution in [2.24, 2.45) is 5.41 Å². The fourth-order valence-electron chi connectivity index (χ4n) is 29.4. The predicted octanol–water partition coefficient (Wildman–Crippen LogP) is 14.9. The summed E-state index contributed by atoms with van der Waals surface area (Å²) in [6, 6.07) is 2.60. The van der Waals surface area contributed by atoms with Crippen molar-refractivity contribution in [1.29, 1.82) is 0 Å². The molecule has 29 aromatic carbocycles. The second-order valence-electron chi connectivity index (χ2n) is 32.8. The van der Waals surface area contributed by atoms with Crippen LogP contribution < -0.4 is 22.2 Å². The van der Waals surface area contributed by atoms with Crippen LogP contribution in [0.15, 0.2) is 31.3 Å². The van der Waals surface area contributed by atoms with Crippen molar-refractivity contribution in [3.05, 3.63) is 75.8 Å². The van der Waals surface area contributed by atoms with Gasteiger partial charge in [0.25, 0.3) is 22.2 Å². The zero-order valence-corrected chi connectivity index (χ0v) is 54.0. The molecule has 2 spiro atoms. The van der Waals surface area contributed by atoms with E-state index in [0.29, 0.717) is 0 Å². The monoisotopic (exact) mass is 1340 g/mol. The number of nitrogens with zero attached hydrogens (tertiary/aromatic N) is 2. The molecule has 0 saturated heterocycles. The fraction of sp³-hybridized carbons (Fsp3) is 0.182. The Balaban J connectivity index is 0.580. The van der Waals surface area contributed by atoms with Gasteiger partial charge in [-0.25, -0.2) is 0 Å². The maximum Gasteiger partial charge on any atom is 0.326 e. The molecule has 1 saturated carbocycles. The summed E-state index contributed by atoms with van der Waals surface area (Å²) in [6.45, 7) is 2.54. The van der Waals surface area contributed by atoms with Gasteiger partial charge in [-0.2, -0.15) is 0 Å². The van der Waals surface area contributed by atoms with Gasteiger partial charge in [-0.15, -0.1) is 0 Å². The van der Waals surface area contributed by atoms with E-state index in [9.17, 15) is 28.8 Å². The number of hydrogen-bond acceptors (Lipinski definition) is 14. The topological polar surface area (TPSA) is 202 Å². The van der Waals surface area contributed by atoms with E-state index >= 15 is 9.59 Å². The van der Waals surface area contributed by atoms with E-state index in [1.807, 2.05) is 6.92 Å². The van der Waals surface area contributed by atoms with Gasteiger partial charge in [0.2, 0.25) is 0 Å². The maximum absolute atomic E-state index is 17.5. The Morgan fingerprint density at radius 2 is 0.481 bits per heavy atom. The summed E-state index contributed by atoms with van der Waals surface area (Å²) >= 11 is 0. The molecular weight excluding hydrogens is 1310 g/mol. The maximum atomic E-state index is 17.5. The first kappa shape index (κ1) is 47.8. The molecule has 476 valence electrons. The molecule has 5 aliphatic carbocycles. The van der Waals surface area contributed by atoms with Gasteiger partial charge in [-0.05, 0) is 339 Å². The highest BCUT2D eigenvalue weighted by Crippen LogP contribution is 2.96. The first-order valence-corrected chi connectivity index (χ1v) is 36.6. The molecule has 0 bridgehead atoms. The molecule has 5 aliphatic rings. The van der Waals surface area contributed by atoms with Gasteiger partial charge < -0.3 is 28.4 Å². The molecule has 104 heavy (non-hydrogen) atoms. The summed E-state index contributed by atoms with van der Waals surface area (Å²) in [6.07, 6.45) is -0.536. The lowest BCUT2D eigenvalue weighted by Gasteiger charge is -2.32. The normalized spacial score (nSPS) is 20.2. The number of benzene rings is 19. The van der Waals surface area contributed by atoms with Gasteiger partial charge in [0.1, 0.15) is 19.6 Å². The van der Waals surface area contributed by atoms with Crippen LogP contribution in [0, 0.1) is 5.41 Å². The minimum absolute atomic E-state index is 0.0148. The number of esters is 4. The summed E-state index contributed by atoms with van der Waals surface area (Å²) in [4.78, 5) is 114. The van der Waals surface area contributed by atoms with Crippen LogP contribution in [0.1, 0.15) is 42.5 Å². The van der Waals surface area contributed by atoms with Crippen molar-refractivity contribution in [3.8, 4) is 0 Å². The average Bonchev–Trinajstić information content (AvgIpc) is 1.35. The number of carbonyl (C=O) groups excluding carboxylic acids is 4. The zero-order chi connectivity index (χ0) is 66.5. The minimum Gasteiger partial charge on any atom is -0.466 e. The number of carbonyl (C=O) groups is 4. The lowest BCUT2D eigenvalue weighted by molar-refractivity contribution is -0.167. The molecule has 0 atom stereocenters. The number of hydrogen-bond donors (Lipinski definition) is 0. The molecule has 0 amide bonds. The molecule has 0 radical (unpaired) electrons. The van der Waals surface area contributed by atoms with Crippen LogP contribution in [-0.2, 0) is 71.5 Å².